The fourth-order valence-electron chi connectivity index (χ4n) is 2.04. The average molecular weight is 334 g/mol. The summed E-state index contributed by atoms with van der Waals surface area (Å²) in [6.07, 6.45) is 1.58. The van der Waals surface area contributed by atoms with Crippen molar-refractivity contribution in [1.29, 1.82) is 0 Å². The van der Waals surface area contributed by atoms with Crippen molar-refractivity contribution in [3.8, 4) is 11.4 Å². The second-order valence-corrected chi connectivity index (χ2v) is 6.11. The quantitative estimate of drug-likeness (QED) is 0.682. The summed E-state index contributed by atoms with van der Waals surface area (Å²) in [7, 11) is -2.15. The second kappa shape index (κ2) is 5.91. The molecule has 10 heteroatoms. The molecule has 23 heavy (non-hydrogen) atoms. The smallest absolute Gasteiger partial charge is 0.274 e. The average Bonchev–Trinajstić information content (AvgIpc) is 2.95. The lowest BCUT2D eigenvalue weighted by molar-refractivity contribution is 0.415. The number of hydrogen-bond acceptors (Lipinski definition) is 6. The van der Waals surface area contributed by atoms with Gasteiger partial charge >= 0.3 is 0 Å². The zero-order valence-electron chi connectivity index (χ0n) is 12.2. The molecule has 0 saturated heterocycles. The standard InChI is InChI=1S/C13H14N6O3S/c1-22-11-4-5-13-12(6-11)17-18-19(13)10-3-2-9(15-8-10)7-16-23(14,20)21/h2-6,8,16H,7H2,1H3,(H2,14,20,21). The van der Waals surface area contributed by atoms with Crippen LogP contribution in [0.15, 0.2) is 36.5 Å². The van der Waals surface area contributed by atoms with Crippen LogP contribution < -0.4 is 14.6 Å². The molecule has 0 radical (unpaired) electrons. The minimum Gasteiger partial charge on any atom is -0.497 e. The molecule has 0 amide bonds. The molecule has 3 rings (SSSR count). The van der Waals surface area contributed by atoms with Crippen LogP contribution in [0.5, 0.6) is 5.75 Å². The predicted molar refractivity (Wildman–Crippen MR) is 83.2 cm³/mol. The maximum Gasteiger partial charge on any atom is 0.274 e. The van der Waals surface area contributed by atoms with Gasteiger partial charge < -0.3 is 4.74 Å². The zero-order valence-corrected chi connectivity index (χ0v) is 13.0. The molecule has 0 saturated carbocycles. The Kier molecular flexibility index (Phi) is 3.94. The number of ether oxygens (including phenoxy) is 1. The highest BCUT2D eigenvalue weighted by Gasteiger charge is 2.09. The van der Waals surface area contributed by atoms with E-state index in [-0.39, 0.29) is 6.54 Å². The van der Waals surface area contributed by atoms with E-state index >= 15 is 0 Å². The minimum atomic E-state index is -3.74. The van der Waals surface area contributed by atoms with Crippen molar-refractivity contribution >= 4 is 21.2 Å². The van der Waals surface area contributed by atoms with Gasteiger partial charge in [-0.25, -0.2) is 9.82 Å². The van der Waals surface area contributed by atoms with E-state index in [9.17, 15) is 8.42 Å². The molecule has 0 aliphatic carbocycles. The van der Waals surface area contributed by atoms with Gasteiger partial charge in [0.2, 0.25) is 0 Å². The highest BCUT2D eigenvalue weighted by atomic mass is 32.2. The van der Waals surface area contributed by atoms with Crippen LogP contribution in [0.1, 0.15) is 5.69 Å². The first-order chi connectivity index (χ1) is 11.0. The zero-order chi connectivity index (χ0) is 16.4. The van der Waals surface area contributed by atoms with Crippen LogP contribution in [-0.2, 0) is 16.8 Å². The Morgan fingerprint density at radius 3 is 2.78 bits per heavy atom. The van der Waals surface area contributed by atoms with Crippen molar-refractivity contribution in [2.24, 2.45) is 5.14 Å². The molecule has 0 atom stereocenters. The minimum absolute atomic E-state index is 0.0222. The molecule has 0 bridgehead atoms. The molecule has 2 aromatic heterocycles. The van der Waals surface area contributed by atoms with Crippen molar-refractivity contribution in [3.05, 3.63) is 42.2 Å². The number of nitrogens with two attached hydrogens (primary N) is 1. The Hall–Kier alpha value is -2.56. The highest BCUT2D eigenvalue weighted by Crippen LogP contribution is 2.20. The molecule has 120 valence electrons. The summed E-state index contributed by atoms with van der Waals surface area (Å²) >= 11 is 0. The fourth-order valence-corrected chi connectivity index (χ4v) is 2.39. The molecule has 9 nitrogen and oxygen atoms in total. The Morgan fingerprint density at radius 1 is 1.30 bits per heavy atom. The predicted octanol–water partition coefficient (Wildman–Crippen LogP) is 0.117. The van der Waals surface area contributed by atoms with E-state index in [4.69, 9.17) is 9.88 Å². The number of rotatable bonds is 5. The van der Waals surface area contributed by atoms with Gasteiger partial charge in [-0.05, 0) is 24.3 Å². The molecule has 0 aliphatic heterocycles. The molecule has 0 unspecified atom stereocenters. The molecular weight excluding hydrogens is 320 g/mol. The van der Waals surface area contributed by atoms with Crippen LogP contribution in [0.3, 0.4) is 0 Å². The number of aromatic nitrogens is 4. The maximum absolute atomic E-state index is 10.9. The number of benzene rings is 1. The monoisotopic (exact) mass is 334 g/mol. The topological polar surface area (TPSA) is 125 Å². The van der Waals surface area contributed by atoms with Crippen molar-refractivity contribution in [1.82, 2.24) is 24.7 Å². The van der Waals surface area contributed by atoms with Crippen LogP contribution in [0.2, 0.25) is 0 Å². The van der Waals surface area contributed by atoms with E-state index in [1.807, 2.05) is 12.1 Å². The van der Waals surface area contributed by atoms with Gasteiger partial charge in [-0.15, -0.1) is 5.10 Å². The first kappa shape index (κ1) is 15.3. The molecule has 2 heterocycles. The molecule has 0 spiro atoms. The lowest BCUT2D eigenvalue weighted by atomic mass is 10.3. The first-order valence-corrected chi connectivity index (χ1v) is 8.13. The lowest BCUT2D eigenvalue weighted by Crippen LogP contribution is -2.30. The second-order valence-electron chi connectivity index (χ2n) is 4.73. The Morgan fingerprint density at radius 2 is 2.13 bits per heavy atom. The molecule has 0 fully saturated rings. The Labute approximate surface area is 132 Å². The van der Waals surface area contributed by atoms with E-state index in [1.165, 1.54) is 0 Å². The van der Waals surface area contributed by atoms with Gasteiger partial charge in [0.1, 0.15) is 11.3 Å². The third-order valence-corrected chi connectivity index (χ3v) is 3.71. The van der Waals surface area contributed by atoms with E-state index in [0.717, 1.165) is 5.52 Å². The van der Waals surface area contributed by atoms with Gasteiger partial charge in [-0.3, -0.25) is 4.98 Å². The van der Waals surface area contributed by atoms with E-state index in [1.54, 1.807) is 36.2 Å². The van der Waals surface area contributed by atoms with E-state index < -0.39 is 10.2 Å². The van der Waals surface area contributed by atoms with Crippen molar-refractivity contribution in [3.63, 3.8) is 0 Å². The van der Waals surface area contributed by atoms with Crippen LogP contribution in [0.25, 0.3) is 16.7 Å². The number of pyridine rings is 1. The number of nitrogens with one attached hydrogen (secondary N) is 1. The van der Waals surface area contributed by atoms with Crippen LogP contribution in [-0.4, -0.2) is 35.5 Å². The van der Waals surface area contributed by atoms with Gasteiger partial charge in [-0.2, -0.15) is 13.1 Å². The fraction of sp³-hybridized carbons (Fsp3) is 0.154. The van der Waals surface area contributed by atoms with Crippen LogP contribution in [0.4, 0.5) is 0 Å². The lowest BCUT2D eigenvalue weighted by Gasteiger charge is -2.05. The van der Waals surface area contributed by atoms with Gasteiger partial charge in [0.15, 0.2) is 0 Å². The number of nitrogens with zero attached hydrogens (tertiary/aromatic N) is 4. The number of fused-ring (bicyclic) bond motifs is 1. The van der Waals surface area contributed by atoms with Gasteiger partial charge in [0.25, 0.3) is 10.2 Å². The van der Waals surface area contributed by atoms with Crippen molar-refractivity contribution < 1.29 is 13.2 Å². The third kappa shape index (κ3) is 3.44. The van der Waals surface area contributed by atoms with Gasteiger partial charge in [-0.1, -0.05) is 5.21 Å². The summed E-state index contributed by atoms with van der Waals surface area (Å²) in [6.45, 7) is 0.0222. The highest BCUT2D eigenvalue weighted by molar-refractivity contribution is 7.87. The van der Waals surface area contributed by atoms with Crippen molar-refractivity contribution in [2.45, 2.75) is 6.54 Å². The summed E-state index contributed by atoms with van der Waals surface area (Å²) < 4.78 is 30.7. The molecule has 0 aliphatic rings. The van der Waals surface area contributed by atoms with Crippen LogP contribution >= 0.6 is 0 Å². The molecule has 1 aromatic carbocycles. The summed E-state index contributed by atoms with van der Waals surface area (Å²) in [4.78, 5) is 4.18. The Bertz CT molecular complexity index is 936. The Balaban J connectivity index is 1.87. The molecule has 3 N–H and O–H groups in total. The molecular formula is C13H14N6O3S. The summed E-state index contributed by atoms with van der Waals surface area (Å²) in [5.41, 5.74) is 2.75. The largest absolute Gasteiger partial charge is 0.497 e. The molecule has 3 aromatic rings. The summed E-state index contributed by atoms with van der Waals surface area (Å²) in [5, 5.41) is 13.1. The first-order valence-electron chi connectivity index (χ1n) is 6.58. The van der Waals surface area contributed by atoms with Gasteiger partial charge in [0, 0.05) is 6.07 Å². The van der Waals surface area contributed by atoms with Crippen molar-refractivity contribution in [2.75, 3.05) is 7.11 Å². The maximum atomic E-state index is 10.9. The number of hydrogen-bond donors (Lipinski definition) is 2. The van der Waals surface area contributed by atoms with Gasteiger partial charge in [0.05, 0.1) is 36.7 Å². The van der Waals surface area contributed by atoms with E-state index in [2.05, 4.69) is 20.0 Å². The SMILES string of the molecule is COc1ccc2c(c1)nnn2-c1ccc(CNS(N)(=O)=O)nc1. The third-order valence-electron chi connectivity index (χ3n) is 3.16. The summed E-state index contributed by atoms with van der Waals surface area (Å²) in [6, 6.07) is 8.91. The number of methoxy groups -OCH3 is 1. The van der Waals surface area contributed by atoms with Crippen LogP contribution in [0, 0.1) is 0 Å². The summed E-state index contributed by atoms with van der Waals surface area (Å²) in [5.74, 6) is 0.701. The van der Waals surface area contributed by atoms with E-state index in [0.29, 0.717) is 22.6 Å². The normalized spacial score (nSPS) is 11.7.